The van der Waals surface area contributed by atoms with Crippen molar-refractivity contribution >= 4 is 16.9 Å². The van der Waals surface area contributed by atoms with E-state index in [-0.39, 0.29) is 11.9 Å². The molecular formula is C22H21N3O2. The number of rotatable bonds is 4. The Balaban J connectivity index is 1.60. The third kappa shape index (κ3) is 3.12. The van der Waals surface area contributed by atoms with Crippen molar-refractivity contribution in [2.45, 2.75) is 26.8 Å². The number of aromatic nitrogens is 2. The first-order valence-electron chi connectivity index (χ1n) is 8.95. The van der Waals surface area contributed by atoms with Crippen LogP contribution in [0.3, 0.4) is 0 Å². The zero-order valence-electron chi connectivity index (χ0n) is 15.6. The minimum absolute atomic E-state index is 0.153. The SMILES string of the molecule is Cc1nn(-c2ccccc2)c(C)c1C(=O)NC(C)c1cc2ccccc2o1. The summed E-state index contributed by atoms with van der Waals surface area (Å²) in [4.78, 5) is 12.9. The molecule has 0 saturated heterocycles. The highest BCUT2D eigenvalue weighted by molar-refractivity contribution is 5.96. The van der Waals surface area contributed by atoms with E-state index < -0.39 is 0 Å². The molecule has 1 amide bonds. The van der Waals surface area contributed by atoms with Crippen LogP contribution < -0.4 is 5.32 Å². The van der Waals surface area contributed by atoms with Gasteiger partial charge < -0.3 is 9.73 Å². The number of amides is 1. The van der Waals surface area contributed by atoms with Crippen molar-refractivity contribution in [1.29, 1.82) is 0 Å². The minimum Gasteiger partial charge on any atom is -0.459 e. The van der Waals surface area contributed by atoms with Crippen LogP contribution in [-0.2, 0) is 0 Å². The first-order valence-corrected chi connectivity index (χ1v) is 8.95. The Kier molecular flexibility index (Phi) is 4.28. The number of hydrogen-bond donors (Lipinski definition) is 1. The average molecular weight is 359 g/mol. The number of para-hydroxylation sites is 2. The maximum absolute atomic E-state index is 12.9. The van der Waals surface area contributed by atoms with Crippen molar-refractivity contribution in [3.8, 4) is 5.69 Å². The van der Waals surface area contributed by atoms with E-state index in [1.807, 2.05) is 81.4 Å². The van der Waals surface area contributed by atoms with Crippen LogP contribution in [0, 0.1) is 13.8 Å². The molecule has 0 radical (unpaired) electrons. The largest absolute Gasteiger partial charge is 0.459 e. The number of nitrogens with zero attached hydrogens (tertiary/aromatic N) is 2. The molecular weight excluding hydrogens is 338 g/mol. The van der Waals surface area contributed by atoms with Gasteiger partial charge in [0.15, 0.2) is 0 Å². The first kappa shape index (κ1) is 17.1. The lowest BCUT2D eigenvalue weighted by atomic mass is 10.1. The van der Waals surface area contributed by atoms with Gasteiger partial charge in [0, 0.05) is 5.39 Å². The van der Waals surface area contributed by atoms with Crippen molar-refractivity contribution in [2.24, 2.45) is 0 Å². The van der Waals surface area contributed by atoms with Gasteiger partial charge in [-0.1, -0.05) is 36.4 Å². The smallest absolute Gasteiger partial charge is 0.255 e. The molecule has 0 bridgehead atoms. The molecule has 2 aromatic carbocycles. The monoisotopic (exact) mass is 359 g/mol. The lowest BCUT2D eigenvalue weighted by Crippen LogP contribution is -2.27. The number of aryl methyl sites for hydroxylation is 1. The molecule has 4 rings (SSSR count). The highest BCUT2D eigenvalue weighted by atomic mass is 16.3. The number of benzene rings is 2. The van der Waals surface area contributed by atoms with Gasteiger partial charge in [0.2, 0.25) is 0 Å². The van der Waals surface area contributed by atoms with E-state index in [2.05, 4.69) is 10.4 Å². The Morgan fingerprint density at radius 2 is 1.78 bits per heavy atom. The summed E-state index contributed by atoms with van der Waals surface area (Å²) in [6, 6.07) is 19.3. The summed E-state index contributed by atoms with van der Waals surface area (Å²) in [5, 5.41) is 8.61. The Labute approximate surface area is 157 Å². The molecule has 5 nitrogen and oxygen atoms in total. The number of carbonyl (C=O) groups is 1. The molecule has 0 saturated carbocycles. The van der Waals surface area contributed by atoms with Gasteiger partial charge in [-0.3, -0.25) is 4.79 Å². The fourth-order valence-electron chi connectivity index (χ4n) is 3.35. The maximum atomic E-state index is 12.9. The van der Waals surface area contributed by atoms with Crippen LogP contribution in [0.25, 0.3) is 16.7 Å². The molecule has 1 atom stereocenters. The zero-order valence-corrected chi connectivity index (χ0v) is 15.6. The minimum atomic E-state index is -0.247. The molecule has 0 aliphatic carbocycles. The van der Waals surface area contributed by atoms with Gasteiger partial charge in [-0.15, -0.1) is 0 Å². The van der Waals surface area contributed by atoms with E-state index in [4.69, 9.17) is 4.42 Å². The fraction of sp³-hybridized carbons (Fsp3) is 0.182. The van der Waals surface area contributed by atoms with Crippen molar-refractivity contribution in [2.75, 3.05) is 0 Å². The quantitative estimate of drug-likeness (QED) is 0.573. The van der Waals surface area contributed by atoms with E-state index >= 15 is 0 Å². The van der Waals surface area contributed by atoms with Gasteiger partial charge in [0.05, 0.1) is 28.7 Å². The Morgan fingerprint density at radius 1 is 1.07 bits per heavy atom. The number of furan rings is 1. The standard InChI is InChI=1S/C22H21N3O2/c1-14(20-13-17-9-7-8-12-19(17)27-20)23-22(26)21-15(2)24-25(16(21)3)18-10-5-4-6-11-18/h4-14H,1-3H3,(H,23,26). The molecule has 2 heterocycles. The summed E-state index contributed by atoms with van der Waals surface area (Å²) < 4.78 is 7.67. The molecule has 136 valence electrons. The van der Waals surface area contributed by atoms with Gasteiger partial charge >= 0.3 is 0 Å². The molecule has 2 aromatic heterocycles. The van der Waals surface area contributed by atoms with Crippen LogP contribution in [-0.4, -0.2) is 15.7 Å². The molecule has 0 fully saturated rings. The Bertz CT molecular complexity index is 1080. The second-order valence-corrected chi connectivity index (χ2v) is 6.67. The topological polar surface area (TPSA) is 60.1 Å². The van der Waals surface area contributed by atoms with Gasteiger partial charge in [0.25, 0.3) is 5.91 Å². The van der Waals surface area contributed by atoms with Crippen LogP contribution in [0.2, 0.25) is 0 Å². The van der Waals surface area contributed by atoms with E-state index in [0.717, 1.165) is 28.1 Å². The van der Waals surface area contributed by atoms with Crippen LogP contribution >= 0.6 is 0 Å². The maximum Gasteiger partial charge on any atom is 0.255 e. The second kappa shape index (κ2) is 6.76. The number of carbonyl (C=O) groups excluding carboxylic acids is 1. The second-order valence-electron chi connectivity index (χ2n) is 6.67. The molecule has 27 heavy (non-hydrogen) atoms. The van der Waals surface area contributed by atoms with Gasteiger partial charge in [0.1, 0.15) is 11.3 Å². The third-order valence-electron chi connectivity index (χ3n) is 4.74. The number of hydrogen-bond acceptors (Lipinski definition) is 3. The normalized spacial score (nSPS) is 12.3. The Morgan fingerprint density at radius 3 is 2.52 bits per heavy atom. The van der Waals surface area contributed by atoms with Crippen molar-refractivity contribution in [1.82, 2.24) is 15.1 Å². The molecule has 1 unspecified atom stereocenters. The van der Waals surface area contributed by atoms with Crippen molar-refractivity contribution < 1.29 is 9.21 Å². The van der Waals surface area contributed by atoms with Gasteiger partial charge in [-0.05, 0) is 45.0 Å². The van der Waals surface area contributed by atoms with Gasteiger partial charge in [-0.25, -0.2) is 4.68 Å². The zero-order chi connectivity index (χ0) is 19.0. The van der Waals surface area contributed by atoms with Crippen LogP contribution in [0.15, 0.2) is 65.1 Å². The summed E-state index contributed by atoms with van der Waals surface area (Å²) >= 11 is 0. The highest BCUT2D eigenvalue weighted by Crippen LogP contribution is 2.24. The predicted octanol–water partition coefficient (Wildman–Crippen LogP) is 4.73. The lowest BCUT2D eigenvalue weighted by Gasteiger charge is -2.12. The summed E-state index contributed by atoms with van der Waals surface area (Å²) in [6.07, 6.45) is 0. The third-order valence-corrected chi connectivity index (χ3v) is 4.74. The van der Waals surface area contributed by atoms with E-state index in [0.29, 0.717) is 11.3 Å². The Hall–Kier alpha value is -3.34. The molecule has 0 aliphatic heterocycles. The molecule has 1 N–H and O–H groups in total. The summed E-state index contributed by atoms with van der Waals surface area (Å²) in [6.45, 7) is 5.68. The molecule has 0 spiro atoms. The van der Waals surface area contributed by atoms with Crippen LogP contribution in [0.4, 0.5) is 0 Å². The van der Waals surface area contributed by atoms with Crippen LogP contribution in [0.5, 0.6) is 0 Å². The van der Waals surface area contributed by atoms with E-state index in [9.17, 15) is 4.79 Å². The highest BCUT2D eigenvalue weighted by Gasteiger charge is 2.22. The predicted molar refractivity (Wildman–Crippen MR) is 105 cm³/mol. The number of fused-ring (bicyclic) bond motifs is 1. The summed E-state index contributed by atoms with van der Waals surface area (Å²) in [7, 11) is 0. The summed E-state index contributed by atoms with van der Waals surface area (Å²) in [5.41, 5.74) is 3.86. The van der Waals surface area contributed by atoms with Crippen molar-refractivity contribution in [3.05, 3.63) is 83.4 Å². The molecule has 5 heteroatoms. The van der Waals surface area contributed by atoms with Crippen molar-refractivity contribution in [3.63, 3.8) is 0 Å². The van der Waals surface area contributed by atoms with E-state index in [1.54, 1.807) is 4.68 Å². The lowest BCUT2D eigenvalue weighted by molar-refractivity contribution is 0.0934. The van der Waals surface area contributed by atoms with Crippen LogP contribution in [0.1, 0.15) is 40.5 Å². The van der Waals surface area contributed by atoms with Gasteiger partial charge in [-0.2, -0.15) is 5.10 Å². The number of nitrogens with one attached hydrogen (secondary N) is 1. The molecule has 0 aliphatic rings. The summed E-state index contributed by atoms with van der Waals surface area (Å²) in [5.74, 6) is 0.579. The average Bonchev–Trinajstić information content (AvgIpc) is 3.23. The molecule has 4 aromatic rings. The fourth-order valence-corrected chi connectivity index (χ4v) is 3.35. The first-order chi connectivity index (χ1) is 13.0. The van der Waals surface area contributed by atoms with E-state index in [1.165, 1.54) is 0 Å².